The minimum absolute atomic E-state index is 0.411. The molecule has 0 fully saturated rings. The lowest BCUT2D eigenvalue weighted by atomic mass is 9.93. The fraction of sp³-hybridized carbons (Fsp3) is 0.111. The van der Waals surface area contributed by atoms with Crippen molar-refractivity contribution in [3.63, 3.8) is 0 Å². The third-order valence-corrected chi connectivity index (χ3v) is 4.88. The van der Waals surface area contributed by atoms with E-state index >= 15 is 0 Å². The van der Waals surface area contributed by atoms with E-state index in [0.29, 0.717) is 5.75 Å². The van der Waals surface area contributed by atoms with Crippen molar-refractivity contribution < 1.29 is 14.0 Å². The quantitative estimate of drug-likeness (QED) is 0.558. The molecule has 0 aliphatic heterocycles. The molecule has 0 aliphatic rings. The van der Waals surface area contributed by atoms with Crippen LogP contribution in [-0.2, 0) is 4.57 Å². The van der Waals surface area contributed by atoms with E-state index < -0.39 is 6.30 Å². The Labute approximate surface area is 143 Å². The number of rotatable bonds is 3. The molecule has 0 saturated heterocycles. The van der Waals surface area contributed by atoms with Gasteiger partial charge in [0.05, 0.1) is 15.5 Å². The van der Waals surface area contributed by atoms with Crippen LogP contribution in [0.1, 0.15) is 11.1 Å². The Morgan fingerprint density at radius 1 is 0.913 bits per heavy atom. The predicted molar refractivity (Wildman–Crippen MR) is 98.2 cm³/mol. The Hall–Kier alpha value is -1.61. The van der Waals surface area contributed by atoms with Gasteiger partial charge < -0.3 is 9.42 Å². The van der Waals surface area contributed by atoms with Crippen LogP contribution in [0.5, 0.6) is 5.75 Å². The van der Waals surface area contributed by atoms with Crippen LogP contribution in [0.4, 0.5) is 0 Å². The first-order chi connectivity index (χ1) is 10.9. The molecule has 3 nitrogen and oxygen atoms in total. The fourth-order valence-corrected chi connectivity index (χ4v) is 3.68. The van der Waals surface area contributed by atoms with Gasteiger partial charge in [-0.3, -0.25) is 0 Å². The summed E-state index contributed by atoms with van der Waals surface area (Å²) >= 11 is 2.66. The first-order valence-electron chi connectivity index (χ1n) is 7.17. The summed E-state index contributed by atoms with van der Waals surface area (Å²) < 4.78 is 16.5. The van der Waals surface area contributed by atoms with Crippen molar-refractivity contribution >= 4 is 32.6 Å². The van der Waals surface area contributed by atoms with Crippen LogP contribution >= 0.6 is 21.8 Å². The molecule has 0 amide bonds. The molecule has 0 aromatic heterocycles. The van der Waals surface area contributed by atoms with Crippen LogP contribution in [-0.4, -0.2) is 4.89 Å². The van der Waals surface area contributed by atoms with Crippen molar-refractivity contribution in [2.45, 2.75) is 13.8 Å². The van der Waals surface area contributed by atoms with Crippen molar-refractivity contribution in [2.24, 2.45) is 0 Å². The maximum absolute atomic E-state index is 11.4. The molecule has 0 aliphatic carbocycles. The minimum Gasteiger partial charge on any atom is -0.417 e. The lowest BCUT2D eigenvalue weighted by Crippen LogP contribution is -1.94. The largest absolute Gasteiger partial charge is 0.444 e. The van der Waals surface area contributed by atoms with Gasteiger partial charge in [-0.15, -0.1) is 0 Å². The van der Waals surface area contributed by atoms with Crippen LogP contribution < -0.4 is 4.52 Å². The van der Waals surface area contributed by atoms with Gasteiger partial charge in [-0.1, -0.05) is 48.5 Å². The second-order valence-corrected chi connectivity index (χ2v) is 9.21. The van der Waals surface area contributed by atoms with Crippen molar-refractivity contribution in [1.82, 2.24) is 0 Å². The lowest BCUT2D eigenvalue weighted by Gasteiger charge is -2.16. The molecule has 118 valence electrons. The highest BCUT2D eigenvalue weighted by Gasteiger charge is 2.18. The Kier molecular flexibility index (Phi) is 4.33. The molecule has 0 radical (unpaired) electrons. The van der Waals surface area contributed by atoms with Crippen LogP contribution in [0.3, 0.4) is 0 Å². The van der Waals surface area contributed by atoms with E-state index in [1.54, 1.807) is 6.07 Å². The molecule has 0 spiro atoms. The van der Waals surface area contributed by atoms with Crippen molar-refractivity contribution in [1.29, 1.82) is 0 Å². The Balaban J connectivity index is 2.17. The monoisotopic (exact) mass is 390 g/mol. The summed E-state index contributed by atoms with van der Waals surface area (Å²) in [6.07, 6.45) is -3.75. The summed E-state index contributed by atoms with van der Waals surface area (Å²) in [7, 11) is 0. The zero-order chi connectivity index (χ0) is 16.6. The Morgan fingerprint density at radius 2 is 1.61 bits per heavy atom. The van der Waals surface area contributed by atoms with Gasteiger partial charge in [0.25, 0.3) is 0 Å². The first kappa shape index (κ1) is 16.3. The van der Waals surface area contributed by atoms with Crippen LogP contribution in [0, 0.1) is 13.8 Å². The predicted octanol–water partition coefficient (Wildman–Crippen LogP) is 6.00. The van der Waals surface area contributed by atoms with Gasteiger partial charge in [0.15, 0.2) is 0 Å². The molecule has 1 atom stereocenters. The van der Waals surface area contributed by atoms with E-state index in [1.807, 2.05) is 38.1 Å². The summed E-state index contributed by atoms with van der Waals surface area (Å²) in [5.74, 6) is 0.411. The van der Waals surface area contributed by atoms with Crippen LogP contribution in [0.15, 0.2) is 54.6 Å². The topological polar surface area (TPSA) is 46.5 Å². The highest BCUT2D eigenvalue weighted by Crippen LogP contribution is 2.51. The molecule has 1 unspecified atom stereocenters. The fourth-order valence-electron chi connectivity index (χ4n) is 2.77. The maximum Gasteiger partial charge on any atom is 0.444 e. The van der Waals surface area contributed by atoms with E-state index in [9.17, 15) is 9.46 Å². The van der Waals surface area contributed by atoms with E-state index in [0.717, 1.165) is 22.3 Å². The molecule has 3 aromatic rings. The van der Waals surface area contributed by atoms with Gasteiger partial charge in [0, 0.05) is 0 Å². The lowest BCUT2D eigenvalue weighted by molar-refractivity contribution is 0.403. The van der Waals surface area contributed by atoms with Gasteiger partial charge in [-0.05, 0) is 52.9 Å². The summed E-state index contributed by atoms with van der Waals surface area (Å²) in [4.78, 5) is 9.36. The first-order valence-corrected chi connectivity index (χ1v) is 10.8. The van der Waals surface area contributed by atoms with E-state index in [2.05, 4.69) is 39.8 Å². The minimum atomic E-state index is -3.75. The molecular formula is C18H16BrO3P. The van der Waals surface area contributed by atoms with E-state index in [-0.39, 0.29) is 0 Å². The number of hydrogen-bond donors (Lipinski definition) is 1. The molecule has 0 heterocycles. The van der Waals surface area contributed by atoms with E-state index in [4.69, 9.17) is 4.52 Å². The molecule has 1 N–H and O–H groups in total. The van der Waals surface area contributed by atoms with Gasteiger partial charge in [0.1, 0.15) is 5.75 Å². The second-order valence-electron chi connectivity index (χ2n) is 5.43. The molecule has 0 bridgehead atoms. The summed E-state index contributed by atoms with van der Waals surface area (Å²) in [5.41, 5.74) is 4.11. The summed E-state index contributed by atoms with van der Waals surface area (Å²) in [5, 5.41) is 2.36. The number of hydrogen-bond acceptors (Lipinski definition) is 2. The molecule has 5 heteroatoms. The standard InChI is InChI=1S/C18H16BrO3P/c1-12-13(2)18(22-23(19,20)21)11-10-15(12)17-9-5-7-14-6-3-4-8-16(14)17/h3-11H,1-2H3,(H,20,21). The van der Waals surface area contributed by atoms with Crippen molar-refractivity contribution in [2.75, 3.05) is 0 Å². The van der Waals surface area contributed by atoms with E-state index in [1.165, 1.54) is 10.8 Å². The van der Waals surface area contributed by atoms with Gasteiger partial charge in [-0.25, -0.2) is 4.57 Å². The van der Waals surface area contributed by atoms with Crippen molar-refractivity contribution in [3.8, 4) is 16.9 Å². The van der Waals surface area contributed by atoms with Crippen LogP contribution in [0.25, 0.3) is 21.9 Å². The Morgan fingerprint density at radius 3 is 2.35 bits per heavy atom. The highest BCUT2D eigenvalue weighted by atomic mass is 79.9. The molecule has 23 heavy (non-hydrogen) atoms. The van der Waals surface area contributed by atoms with Gasteiger partial charge in [0.2, 0.25) is 0 Å². The zero-order valence-corrected chi connectivity index (χ0v) is 15.3. The number of benzene rings is 3. The average Bonchev–Trinajstić information content (AvgIpc) is 2.51. The second kappa shape index (κ2) is 6.12. The third-order valence-electron chi connectivity index (χ3n) is 4.03. The SMILES string of the molecule is Cc1c(OP(=O)(O)Br)ccc(-c2cccc3ccccc23)c1C. The molecule has 3 rings (SSSR count). The van der Waals surface area contributed by atoms with Gasteiger partial charge >= 0.3 is 6.30 Å². The third kappa shape index (κ3) is 3.35. The summed E-state index contributed by atoms with van der Waals surface area (Å²) in [6, 6.07) is 18.1. The normalized spacial score (nSPS) is 13.7. The maximum atomic E-state index is 11.4. The Bertz CT molecular complexity index is 925. The smallest absolute Gasteiger partial charge is 0.417 e. The van der Waals surface area contributed by atoms with Crippen molar-refractivity contribution in [3.05, 3.63) is 65.7 Å². The average molecular weight is 391 g/mol. The van der Waals surface area contributed by atoms with Gasteiger partial charge in [-0.2, -0.15) is 0 Å². The molecule has 3 aromatic carbocycles. The zero-order valence-electron chi connectivity index (χ0n) is 12.8. The molecular weight excluding hydrogens is 375 g/mol. The molecule has 0 saturated carbocycles. The number of fused-ring (bicyclic) bond motifs is 1. The van der Waals surface area contributed by atoms with Crippen LogP contribution in [0.2, 0.25) is 0 Å². The summed E-state index contributed by atoms with van der Waals surface area (Å²) in [6.45, 7) is 3.89. The number of halogens is 1. The highest BCUT2D eigenvalue weighted by molar-refractivity contribution is 9.39.